The molecule has 1 aromatic heterocycles. The van der Waals surface area contributed by atoms with Crippen LogP contribution in [0.4, 0.5) is 4.39 Å². The maximum atomic E-state index is 13.9. The minimum Gasteiger partial charge on any atom is -0.326 e. The smallest absolute Gasteiger partial charge is 0.138 e. The summed E-state index contributed by atoms with van der Waals surface area (Å²) in [5.74, 6) is 4.18. The molecule has 2 heterocycles. The van der Waals surface area contributed by atoms with Crippen molar-refractivity contribution in [2.24, 2.45) is 0 Å². The summed E-state index contributed by atoms with van der Waals surface area (Å²) in [6, 6.07) is 3.39. The van der Waals surface area contributed by atoms with Gasteiger partial charge in [0.25, 0.3) is 0 Å². The van der Waals surface area contributed by atoms with Crippen LogP contribution < -0.4 is 0 Å². The van der Waals surface area contributed by atoms with Crippen molar-refractivity contribution >= 4 is 68.7 Å². The quantitative estimate of drug-likeness (QED) is 0.482. The number of aromatic nitrogens is 2. The highest BCUT2D eigenvalue weighted by atomic mass is 127. The molecular weight excluding hydrogens is 442 g/mol. The van der Waals surface area contributed by atoms with Crippen molar-refractivity contribution in [2.45, 2.75) is 24.1 Å². The van der Waals surface area contributed by atoms with E-state index in [1.54, 1.807) is 12.1 Å². The van der Waals surface area contributed by atoms with Crippen LogP contribution in [-0.2, 0) is 6.54 Å². The van der Waals surface area contributed by atoms with Gasteiger partial charge in [0.1, 0.15) is 11.6 Å². The Morgan fingerprint density at radius 2 is 2.33 bits per heavy atom. The number of benzene rings is 1. The zero-order valence-corrected chi connectivity index (χ0v) is 16.0. The normalized spacial score (nSPS) is 20.9. The Kier molecular flexibility index (Phi) is 5.28. The number of alkyl halides is 1. The molecule has 0 N–H and O–H groups in total. The molecule has 0 bridgehead atoms. The Balaban J connectivity index is 2.04. The molecule has 21 heavy (non-hydrogen) atoms. The van der Waals surface area contributed by atoms with Crippen LogP contribution in [0.2, 0.25) is 0 Å². The number of hydrogen-bond acceptors (Lipinski definition) is 3. The van der Waals surface area contributed by atoms with E-state index in [0.717, 1.165) is 29.2 Å². The van der Waals surface area contributed by atoms with E-state index in [-0.39, 0.29) is 11.2 Å². The highest BCUT2D eigenvalue weighted by Crippen LogP contribution is 2.31. The molecule has 1 aliphatic heterocycles. The largest absolute Gasteiger partial charge is 0.326 e. The van der Waals surface area contributed by atoms with Crippen LogP contribution in [0.5, 0.6) is 0 Å². The lowest BCUT2D eigenvalue weighted by Gasteiger charge is -2.23. The van der Waals surface area contributed by atoms with Crippen LogP contribution in [-0.4, -0.2) is 32.1 Å². The van der Waals surface area contributed by atoms with Crippen molar-refractivity contribution in [1.29, 1.82) is 0 Å². The van der Waals surface area contributed by atoms with Crippen LogP contribution in [0, 0.1) is 9.39 Å². The molecular formula is C14H15ClFIN2S2. The summed E-state index contributed by atoms with van der Waals surface area (Å²) in [4.78, 5) is 4.62. The van der Waals surface area contributed by atoms with E-state index >= 15 is 0 Å². The molecule has 1 saturated heterocycles. The lowest BCUT2D eigenvalue weighted by Crippen LogP contribution is -2.21. The predicted molar refractivity (Wildman–Crippen MR) is 100 cm³/mol. The first-order valence-corrected chi connectivity index (χ1v) is 10.5. The molecule has 1 aromatic carbocycles. The fourth-order valence-electron chi connectivity index (χ4n) is 2.48. The van der Waals surface area contributed by atoms with E-state index in [0.29, 0.717) is 8.82 Å². The molecule has 0 saturated carbocycles. The number of hydrogen-bond donors (Lipinski definition) is 0. The topological polar surface area (TPSA) is 17.8 Å². The first-order chi connectivity index (χ1) is 10.1. The molecule has 7 heteroatoms. The molecule has 114 valence electrons. The fraction of sp³-hybridized carbons (Fsp3) is 0.500. The number of thioether (sulfide) groups is 2. The molecule has 2 atom stereocenters. The lowest BCUT2D eigenvalue weighted by molar-refractivity contribution is 0.618. The Morgan fingerprint density at radius 1 is 1.52 bits per heavy atom. The summed E-state index contributed by atoms with van der Waals surface area (Å²) in [6.45, 7) is 2.77. The van der Waals surface area contributed by atoms with E-state index in [2.05, 4.69) is 9.55 Å². The second-order valence-electron chi connectivity index (χ2n) is 5.02. The number of halogens is 3. The standard InChI is InChI=1S/C14H15ClFIN2S2/c1-8(15)14-18-12-5-11(17)10(16)4-13(12)19(14)6-9-7-20-2-3-21-9/h4-5,8-9H,2-3,6-7H2,1H3. The number of rotatable bonds is 3. The Hall–Kier alpha value is 0.340. The van der Waals surface area contributed by atoms with Gasteiger partial charge in [-0.15, -0.1) is 11.6 Å². The van der Waals surface area contributed by atoms with Crippen LogP contribution in [0.15, 0.2) is 12.1 Å². The van der Waals surface area contributed by atoms with Crippen LogP contribution in [0.25, 0.3) is 11.0 Å². The Bertz CT molecular complexity index is 656. The van der Waals surface area contributed by atoms with Crippen molar-refractivity contribution in [2.75, 3.05) is 17.3 Å². The maximum absolute atomic E-state index is 13.9. The SMILES string of the molecule is CC(Cl)c1nc2cc(I)c(F)cc2n1CC1CSCCS1. The van der Waals surface area contributed by atoms with Crippen LogP contribution in [0.1, 0.15) is 18.1 Å². The summed E-state index contributed by atoms with van der Waals surface area (Å²) < 4.78 is 16.6. The average molecular weight is 457 g/mol. The zero-order chi connectivity index (χ0) is 15.0. The summed E-state index contributed by atoms with van der Waals surface area (Å²) >= 11 is 12.3. The van der Waals surface area contributed by atoms with Crippen molar-refractivity contribution in [1.82, 2.24) is 9.55 Å². The van der Waals surface area contributed by atoms with Gasteiger partial charge in [-0.05, 0) is 35.6 Å². The van der Waals surface area contributed by atoms with Crippen molar-refractivity contribution in [3.8, 4) is 0 Å². The number of fused-ring (bicyclic) bond motifs is 1. The second-order valence-corrected chi connectivity index (χ2v) is 9.39. The average Bonchev–Trinajstić information content (AvgIpc) is 2.79. The summed E-state index contributed by atoms with van der Waals surface area (Å²) in [5, 5.41) is 0.358. The Labute approximate surface area is 150 Å². The molecule has 0 amide bonds. The van der Waals surface area contributed by atoms with Crippen LogP contribution in [0.3, 0.4) is 0 Å². The van der Waals surface area contributed by atoms with Gasteiger partial charge in [-0.25, -0.2) is 9.37 Å². The Morgan fingerprint density at radius 3 is 3.00 bits per heavy atom. The van der Waals surface area contributed by atoms with E-state index in [1.165, 1.54) is 11.5 Å². The molecule has 3 rings (SSSR count). The van der Waals surface area contributed by atoms with E-state index < -0.39 is 0 Å². The molecule has 1 aliphatic rings. The molecule has 2 nitrogen and oxygen atoms in total. The van der Waals surface area contributed by atoms with Gasteiger partial charge in [-0.1, -0.05) is 0 Å². The third-order valence-electron chi connectivity index (χ3n) is 3.45. The van der Waals surface area contributed by atoms with Gasteiger partial charge in [-0.2, -0.15) is 23.5 Å². The van der Waals surface area contributed by atoms with Crippen molar-refractivity contribution < 1.29 is 4.39 Å². The summed E-state index contributed by atoms with van der Waals surface area (Å²) in [5.41, 5.74) is 1.68. The first kappa shape index (κ1) is 16.2. The van der Waals surface area contributed by atoms with Gasteiger partial charge in [0, 0.05) is 35.1 Å². The minimum absolute atomic E-state index is 0.181. The predicted octanol–water partition coefficient (Wildman–Crippen LogP) is 4.93. The molecule has 0 radical (unpaired) electrons. The zero-order valence-electron chi connectivity index (χ0n) is 11.5. The first-order valence-electron chi connectivity index (χ1n) is 6.75. The van der Waals surface area contributed by atoms with Crippen molar-refractivity contribution in [3.63, 3.8) is 0 Å². The number of imidazole rings is 1. The summed E-state index contributed by atoms with van der Waals surface area (Å²) in [7, 11) is 0. The number of nitrogens with zero attached hydrogens (tertiary/aromatic N) is 2. The van der Waals surface area contributed by atoms with Gasteiger partial charge >= 0.3 is 0 Å². The van der Waals surface area contributed by atoms with Gasteiger partial charge in [0.15, 0.2) is 0 Å². The minimum atomic E-state index is -0.191. The lowest BCUT2D eigenvalue weighted by atomic mass is 10.3. The maximum Gasteiger partial charge on any atom is 0.138 e. The molecule has 0 spiro atoms. The molecule has 0 aliphatic carbocycles. The van der Waals surface area contributed by atoms with Crippen LogP contribution >= 0.6 is 57.7 Å². The molecule has 1 fully saturated rings. The van der Waals surface area contributed by atoms with Gasteiger partial charge in [-0.3, -0.25) is 0 Å². The van der Waals surface area contributed by atoms with E-state index in [1.807, 2.05) is 53.0 Å². The highest BCUT2D eigenvalue weighted by molar-refractivity contribution is 14.1. The van der Waals surface area contributed by atoms with Gasteiger partial charge in [0.2, 0.25) is 0 Å². The van der Waals surface area contributed by atoms with Crippen molar-refractivity contribution in [3.05, 3.63) is 27.3 Å². The van der Waals surface area contributed by atoms with Gasteiger partial charge < -0.3 is 4.57 Å². The highest BCUT2D eigenvalue weighted by Gasteiger charge is 2.21. The fourth-order valence-corrected chi connectivity index (χ4v) is 5.75. The van der Waals surface area contributed by atoms with E-state index in [4.69, 9.17) is 11.6 Å². The summed E-state index contributed by atoms with van der Waals surface area (Å²) in [6.07, 6.45) is 0. The molecule has 2 unspecified atom stereocenters. The molecule has 2 aromatic rings. The monoisotopic (exact) mass is 456 g/mol. The van der Waals surface area contributed by atoms with E-state index in [9.17, 15) is 4.39 Å². The third kappa shape index (κ3) is 3.48. The van der Waals surface area contributed by atoms with Gasteiger partial charge in [0.05, 0.1) is 20.0 Å². The second kappa shape index (κ2) is 6.84. The third-order valence-corrected chi connectivity index (χ3v) is 7.30.